The average molecular weight is 372 g/mol. The van der Waals surface area contributed by atoms with Crippen molar-refractivity contribution in [3.8, 4) is 40.1 Å². The molecule has 1 aromatic heterocycles. The first kappa shape index (κ1) is 18.4. The Kier molecular flexibility index (Phi) is 5.12. The summed E-state index contributed by atoms with van der Waals surface area (Å²) >= 11 is 0. The molecule has 0 amide bonds. The maximum Gasteiger partial charge on any atom is 0.235 e. The van der Waals surface area contributed by atoms with Gasteiger partial charge in [0.2, 0.25) is 22.7 Å². The van der Waals surface area contributed by atoms with Gasteiger partial charge in [-0.05, 0) is 30.3 Å². The highest BCUT2D eigenvalue weighted by Crippen LogP contribution is 2.44. The highest BCUT2D eigenvalue weighted by atomic mass is 16.5. The summed E-state index contributed by atoms with van der Waals surface area (Å²) in [5.41, 5.74) is 0.555. The summed E-state index contributed by atoms with van der Waals surface area (Å²) in [7, 11) is 7.43. The van der Waals surface area contributed by atoms with Crippen LogP contribution in [-0.2, 0) is 0 Å². The van der Waals surface area contributed by atoms with Crippen molar-refractivity contribution in [1.82, 2.24) is 0 Å². The molecule has 0 fully saturated rings. The molecule has 3 rings (SSSR count). The standard InChI is InChI=1S/C20H20O7/c1-22-12-8-6-11(7-9-12)16-19(25-4)15(21)13-10-14(23-2)18(24-3)20(26-5)17(13)27-16/h6-10H,1-5H3. The van der Waals surface area contributed by atoms with Crippen LogP contribution in [-0.4, -0.2) is 35.5 Å². The largest absolute Gasteiger partial charge is 0.497 e. The van der Waals surface area contributed by atoms with Crippen molar-refractivity contribution in [2.24, 2.45) is 0 Å². The van der Waals surface area contributed by atoms with Gasteiger partial charge in [0.05, 0.1) is 40.9 Å². The Morgan fingerprint density at radius 3 is 1.89 bits per heavy atom. The second-order valence-corrected chi connectivity index (χ2v) is 5.54. The summed E-state index contributed by atoms with van der Waals surface area (Å²) in [6, 6.07) is 8.63. The highest BCUT2D eigenvalue weighted by molar-refractivity contribution is 5.91. The first-order chi connectivity index (χ1) is 13.1. The van der Waals surface area contributed by atoms with Crippen molar-refractivity contribution in [2.45, 2.75) is 0 Å². The van der Waals surface area contributed by atoms with Gasteiger partial charge in [-0.2, -0.15) is 0 Å². The quantitative estimate of drug-likeness (QED) is 0.655. The second kappa shape index (κ2) is 7.49. The molecule has 0 N–H and O–H groups in total. The summed E-state index contributed by atoms with van der Waals surface area (Å²) < 4.78 is 32.7. The van der Waals surface area contributed by atoms with Gasteiger partial charge in [-0.1, -0.05) is 0 Å². The predicted octanol–water partition coefficient (Wildman–Crippen LogP) is 3.50. The van der Waals surface area contributed by atoms with Gasteiger partial charge in [-0.15, -0.1) is 0 Å². The van der Waals surface area contributed by atoms with Crippen LogP contribution in [0.3, 0.4) is 0 Å². The van der Waals surface area contributed by atoms with Gasteiger partial charge in [0.25, 0.3) is 0 Å². The number of rotatable bonds is 6. The van der Waals surface area contributed by atoms with Gasteiger partial charge in [-0.3, -0.25) is 4.79 Å². The minimum absolute atomic E-state index is 0.0851. The van der Waals surface area contributed by atoms with E-state index in [1.807, 2.05) is 0 Å². The van der Waals surface area contributed by atoms with Crippen LogP contribution in [0.1, 0.15) is 0 Å². The Balaban J connectivity index is 2.39. The molecule has 7 heteroatoms. The minimum atomic E-state index is -0.344. The van der Waals surface area contributed by atoms with Gasteiger partial charge in [0, 0.05) is 5.56 Å². The Hall–Kier alpha value is -3.35. The van der Waals surface area contributed by atoms with Crippen LogP contribution in [0.25, 0.3) is 22.3 Å². The van der Waals surface area contributed by atoms with E-state index in [1.54, 1.807) is 37.4 Å². The molecule has 142 valence electrons. The fourth-order valence-electron chi connectivity index (χ4n) is 2.89. The van der Waals surface area contributed by atoms with E-state index in [0.29, 0.717) is 22.8 Å². The van der Waals surface area contributed by atoms with Crippen molar-refractivity contribution >= 4 is 11.0 Å². The Morgan fingerprint density at radius 1 is 0.741 bits per heavy atom. The smallest absolute Gasteiger partial charge is 0.235 e. The van der Waals surface area contributed by atoms with Crippen molar-refractivity contribution in [3.63, 3.8) is 0 Å². The van der Waals surface area contributed by atoms with E-state index in [-0.39, 0.29) is 33.7 Å². The molecule has 0 aliphatic carbocycles. The minimum Gasteiger partial charge on any atom is -0.497 e. The van der Waals surface area contributed by atoms with Gasteiger partial charge in [0.1, 0.15) is 5.75 Å². The molecule has 1 heterocycles. The maximum absolute atomic E-state index is 13.1. The number of benzene rings is 2. The van der Waals surface area contributed by atoms with Gasteiger partial charge >= 0.3 is 0 Å². The third-order valence-electron chi connectivity index (χ3n) is 4.20. The molecule has 0 spiro atoms. The van der Waals surface area contributed by atoms with Crippen LogP contribution < -0.4 is 29.1 Å². The third kappa shape index (κ3) is 3.01. The van der Waals surface area contributed by atoms with Crippen LogP contribution in [0.4, 0.5) is 0 Å². The number of ether oxygens (including phenoxy) is 5. The third-order valence-corrected chi connectivity index (χ3v) is 4.20. The normalized spacial score (nSPS) is 10.6. The van der Waals surface area contributed by atoms with Crippen molar-refractivity contribution in [3.05, 3.63) is 40.6 Å². The fourth-order valence-corrected chi connectivity index (χ4v) is 2.89. The molecule has 0 bridgehead atoms. The number of hydrogen-bond acceptors (Lipinski definition) is 7. The van der Waals surface area contributed by atoms with E-state index in [0.717, 1.165) is 0 Å². The van der Waals surface area contributed by atoms with Gasteiger partial charge in [-0.25, -0.2) is 0 Å². The number of hydrogen-bond donors (Lipinski definition) is 0. The van der Waals surface area contributed by atoms with Crippen molar-refractivity contribution in [2.75, 3.05) is 35.5 Å². The Bertz CT molecular complexity index is 1020. The molecule has 0 atom stereocenters. The SMILES string of the molecule is COc1ccc(-c2oc3c(OC)c(OC)c(OC)cc3c(=O)c2OC)cc1. The Morgan fingerprint density at radius 2 is 1.37 bits per heavy atom. The summed E-state index contributed by atoms with van der Waals surface area (Å²) in [6.45, 7) is 0. The van der Waals surface area contributed by atoms with Crippen LogP contribution in [0.15, 0.2) is 39.5 Å². The lowest BCUT2D eigenvalue weighted by Gasteiger charge is -2.15. The highest BCUT2D eigenvalue weighted by Gasteiger charge is 2.24. The molecule has 0 saturated heterocycles. The van der Waals surface area contributed by atoms with E-state index in [9.17, 15) is 4.79 Å². The molecule has 0 radical (unpaired) electrons. The summed E-state index contributed by atoms with van der Waals surface area (Å²) in [5, 5.41) is 0.263. The first-order valence-electron chi connectivity index (χ1n) is 8.07. The number of methoxy groups -OCH3 is 5. The van der Waals surface area contributed by atoms with Gasteiger partial charge in [0.15, 0.2) is 17.1 Å². The van der Waals surface area contributed by atoms with Crippen molar-refractivity contribution < 1.29 is 28.1 Å². The van der Waals surface area contributed by atoms with E-state index in [2.05, 4.69) is 0 Å². The van der Waals surface area contributed by atoms with E-state index < -0.39 is 0 Å². The van der Waals surface area contributed by atoms with E-state index in [1.165, 1.54) is 28.4 Å². The molecule has 0 aliphatic heterocycles. The lowest BCUT2D eigenvalue weighted by molar-refractivity contribution is 0.323. The molecule has 0 aliphatic rings. The predicted molar refractivity (Wildman–Crippen MR) is 101 cm³/mol. The van der Waals surface area contributed by atoms with Crippen LogP contribution in [0, 0.1) is 0 Å². The van der Waals surface area contributed by atoms with Crippen LogP contribution in [0.2, 0.25) is 0 Å². The second-order valence-electron chi connectivity index (χ2n) is 5.54. The topological polar surface area (TPSA) is 76.4 Å². The van der Waals surface area contributed by atoms with Crippen LogP contribution in [0.5, 0.6) is 28.7 Å². The number of fused-ring (bicyclic) bond motifs is 1. The molecule has 3 aromatic rings. The molecule has 2 aromatic carbocycles. The zero-order chi connectivity index (χ0) is 19.6. The lowest BCUT2D eigenvalue weighted by atomic mass is 10.1. The summed E-state index contributed by atoms with van der Waals surface area (Å²) in [5.74, 6) is 2.01. The molecule has 0 saturated carbocycles. The van der Waals surface area contributed by atoms with Gasteiger partial charge < -0.3 is 28.1 Å². The zero-order valence-electron chi connectivity index (χ0n) is 15.7. The fraction of sp³-hybridized carbons (Fsp3) is 0.250. The molecular formula is C20H20O7. The lowest BCUT2D eigenvalue weighted by Crippen LogP contribution is -2.09. The summed E-state index contributed by atoms with van der Waals surface area (Å²) in [4.78, 5) is 13.1. The molecule has 0 unspecified atom stereocenters. The Labute approximate surface area is 156 Å². The average Bonchev–Trinajstić information content (AvgIpc) is 2.72. The first-order valence-corrected chi connectivity index (χ1v) is 8.07. The van der Waals surface area contributed by atoms with E-state index >= 15 is 0 Å². The molecule has 7 nitrogen and oxygen atoms in total. The maximum atomic E-state index is 13.1. The monoisotopic (exact) mass is 372 g/mol. The van der Waals surface area contributed by atoms with Crippen LogP contribution >= 0.6 is 0 Å². The summed E-state index contributed by atoms with van der Waals surface area (Å²) in [6.07, 6.45) is 0. The van der Waals surface area contributed by atoms with E-state index in [4.69, 9.17) is 28.1 Å². The zero-order valence-corrected chi connectivity index (χ0v) is 15.7. The van der Waals surface area contributed by atoms with Crippen molar-refractivity contribution in [1.29, 1.82) is 0 Å². The molecular weight excluding hydrogens is 352 g/mol. The molecule has 27 heavy (non-hydrogen) atoms.